The highest BCUT2D eigenvalue weighted by atomic mass is 79.9. The van der Waals surface area contributed by atoms with E-state index in [-0.39, 0.29) is 0 Å². The van der Waals surface area contributed by atoms with Crippen LogP contribution in [0.1, 0.15) is 6.92 Å². The molecule has 0 heterocycles. The fourth-order valence-corrected chi connectivity index (χ4v) is 1.34. The smallest absolute Gasteiger partial charge is 0.0157 e. The van der Waals surface area contributed by atoms with Crippen LogP contribution in [0.25, 0.3) is 0 Å². The van der Waals surface area contributed by atoms with E-state index in [0.29, 0.717) is 0 Å². The van der Waals surface area contributed by atoms with Crippen LogP contribution in [-0.4, -0.2) is 29.9 Å². The van der Waals surface area contributed by atoms with Gasteiger partial charge in [-0.2, -0.15) is 11.8 Å². The van der Waals surface area contributed by atoms with Crippen molar-refractivity contribution in [1.29, 1.82) is 0 Å². The van der Waals surface area contributed by atoms with E-state index in [2.05, 4.69) is 28.2 Å². The van der Waals surface area contributed by atoms with E-state index in [4.69, 9.17) is 0 Å². The van der Waals surface area contributed by atoms with Crippen molar-refractivity contribution in [1.82, 2.24) is 5.32 Å². The second-order valence-corrected chi connectivity index (χ2v) is 3.82. The first-order valence-corrected chi connectivity index (χ1v) is 5.53. The number of hydrogen-bond acceptors (Lipinski definition) is 2. The molecule has 0 aliphatic carbocycles. The van der Waals surface area contributed by atoms with Crippen molar-refractivity contribution in [2.24, 2.45) is 0 Å². The monoisotopic (exact) mass is 211 g/mol. The van der Waals surface area contributed by atoms with Gasteiger partial charge < -0.3 is 5.32 Å². The third-order valence-electron chi connectivity index (χ3n) is 0.899. The Morgan fingerprint density at radius 2 is 2.22 bits per heavy atom. The molecular formula is C6H14BrNS. The van der Waals surface area contributed by atoms with Crippen molar-refractivity contribution in [3.05, 3.63) is 0 Å². The lowest BCUT2D eigenvalue weighted by Gasteiger charge is -1.99. The van der Waals surface area contributed by atoms with E-state index >= 15 is 0 Å². The fourth-order valence-electron chi connectivity index (χ4n) is 0.480. The Kier molecular flexibility index (Phi) is 9.56. The van der Waals surface area contributed by atoms with Crippen LogP contribution in [0.15, 0.2) is 0 Å². The molecule has 0 bridgehead atoms. The molecule has 56 valence electrons. The van der Waals surface area contributed by atoms with Gasteiger partial charge in [0.2, 0.25) is 0 Å². The molecule has 0 spiro atoms. The van der Waals surface area contributed by atoms with Crippen LogP contribution in [0.2, 0.25) is 0 Å². The summed E-state index contributed by atoms with van der Waals surface area (Å²) in [4.78, 5) is 0. The lowest BCUT2D eigenvalue weighted by atomic mass is 10.7. The number of nitrogens with one attached hydrogen (secondary N) is 1. The molecule has 0 rings (SSSR count). The van der Waals surface area contributed by atoms with Gasteiger partial charge in [-0.05, 0) is 5.75 Å². The van der Waals surface area contributed by atoms with Crippen molar-refractivity contribution in [2.75, 3.05) is 29.9 Å². The summed E-state index contributed by atoms with van der Waals surface area (Å²) in [6, 6.07) is 0. The van der Waals surface area contributed by atoms with Gasteiger partial charge in [0.05, 0.1) is 0 Å². The number of halogens is 1. The predicted molar refractivity (Wildman–Crippen MR) is 49.7 cm³/mol. The number of alkyl halides is 1. The molecule has 0 amide bonds. The van der Waals surface area contributed by atoms with E-state index in [0.717, 1.165) is 18.4 Å². The number of thioether (sulfide) groups is 1. The molecule has 9 heavy (non-hydrogen) atoms. The molecule has 0 aromatic rings. The van der Waals surface area contributed by atoms with Crippen LogP contribution in [0.3, 0.4) is 0 Å². The Bertz CT molecular complexity index is 46.3. The van der Waals surface area contributed by atoms with Crippen LogP contribution in [0.4, 0.5) is 0 Å². The quantitative estimate of drug-likeness (QED) is 0.531. The molecule has 0 unspecified atom stereocenters. The zero-order valence-corrected chi connectivity index (χ0v) is 8.22. The van der Waals surface area contributed by atoms with Gasteiger partial charge in [0.15, 0.2) is 0 Å². The lowest BCUT2D eigenvalue weighted by Crippen LogP contribution is -2.19. The molecule has 0 saturated heterocycles. The Balaban J connectivity index is 2.60. The number of hydrogen-bond donors (Lipinski definition) is 1. The predicted octanol–water partition coefficient (Wildman–Crippen LogP) is 1.72. The third kappa shape index (κ3) is 8.79. The molecule has 0 aromatic carbocycles. The third-order valence-corrected chi connectivity index (χ3v) is 2.20. The minimum Gasteiger partial charge on any atom is -0.315 e. The van der Waals surface area contributed by atoms with Crippen molar-refractivity contribution in [3.63, 3.8) is 0 Å². The molecule has 3 heteroatoms. The zero-order valence-electron chi connectivity index (χ0n) is 5.82. The summed E-state index contributed by atoms with van der Waals surface area (Å²) >= 11 is 5.33. The second-order valence-electron chi connectivity index (χ2n) is 1.64. The average Bonchev–Trinajstić information content (AvgIpc) is 1.89. The van der Waals surface area contributed by atoms with Gasteiger partial charge in [-0.25, -0.2) is 0 Å². The van der Waals surface area contributed by atoms with Crippen LogP contribution < -0.4 is 5.32 Å². The molecule has 1 N–H and O–H groups in total. The molecule has 0 aliphatic heterocycles. The van der Waals surface area contributed by atoms with E-state index in [1.54, 1.807) is 0 Å². The van der Waals surface area contributed by atoms with Gasteiger partial charge in [0, 0.05) is 24.2 Å². The van der Waals surface area contributed by atoms with Gasteiger partial charge in [0.25, 0.3) is 0 Å². The standard InChI is InChI=1S/C6H14BrNS/c1-2-9-6-5-8-4-3-7/h8H,2-6H2,1H3. The molecule has 1 nitrogen and oxygen atoms in total. The van der Waals surface area contributed by atoms with Crippen molar-refractivity contribution < 1.29 is 0 Å². The summed E-state index contributed by atoms with van der Waals surface area (Å²) < 4.78 is 0. The maximum absolute atomic E-state index is 3.35. The molecule has 0 radical (unpaired) electrons. The van der Waals surface area contributed by atoms with E-state index in [9.17, 15) is 0 Å². The highest BCUT2D eigenvalue weighted by Gasteiger charge is 1.84. The van der Waals surface area contributed by atoms with E-state index < -0.39 is 0 Å². The summed E-state index contributed by atoms with van der Waals surface area (Å²) in [5, 5.41) is 4.36. The Morgan fingerprint density at radius 3 is 2.78 bits per heavy atom. The first-order valence-electron chi connectivity index (χ1n) is 3.26. The molecular weight excluding hydrogens is 198 g/mol. The molecule has 0 fully saturated rings. The van der Waals surface area contributed by atoms with E-state index in [1.807, 2.05) is 11.8 Å². The van der Waals surface area contributed by atoms with Crippen molar-refractivity contribution in [2.45, 2.75) is 6.92 Å². The highest BCUT2D eigenvalue weighted by molar-refractivity contribution is 9.09. The van der Waals surface area contributed by atoms with Gasteiger partial charge in [-0.15, -0.1) is 0 Å². The first-order chi connectivity index (χ1) is 4.41. The largest absolute Gasteiger partial charge is 0.315 e. The first kappa shape index (κ1) is 9.79. The SMILES string of the molecule is CCSCCNCCBr. The van der Waals surface area contributed by atoms with Gasteiger partial charge in [-0.1, -0.05) is 22.9 Å². The summed E-state index contributed by atoms with van der Waals surface area (Å²) in [6.07, 6.45) is 0. The highest BCUT2D eigenvalue weighted by Crippen LogP contribution is 1.94. The average molecular weight is 212 g/mol. The molecule has 0 atom stereocenters. The summed E-state index contributed by atoms with van der Waals surface area (Å²) in [5.74, 6) is 2.47. The molecule has 0 aromatic heterocycles. The maximum Gasteiger partial charge on any atom is 0.0157 e. The van der Waals surface area contributed by atoms with Crippen LogP contribution in [-0.2, 0) is 0 Å². The Hall–Kier alpha value is 0.790. The summed E-state index contributed by atoms with van der Waals surface area (Å²) in [7, 11) is 0. The normalized spacial score (nSPS) is 10.0. The maximum atomic E-state index is 3.35. The zero-order chi connectivity index (χ0) is 6.95. The van der Waals surface area contributed by atoms with Crippen molar-refractivity contribution in [3.8, 4) is 0 Å². The molecule has 0 saturated carbocycles. The van der Waals surface area contributed by atoms with E-state index in [1.165, 1.54) is 11.5 Å². The van der Waals surface area contributed by atoms with Crippen molar-refractivity contribution >= 4 is 27.7 Å². The summed E-state index contributed by atoms with van der Waals surface area (Å²) in [5.41, 5.74) is 0. The van der Waals surface area contributed by atoms with Crippen LogP contribution in [0, 0.1) is 0 Å². The molecule has 0 aliphatic rings. The topological polar surface area (TPSA) is 12.0 Å². The minimum absolute atomic E-state index is 1.06. The fraction of sp³-hybridized carbons (Fsp3) is 1.00. The van der Waals surface area contributed by atoms with Gasteiger partial charge in [-0.3, -0.25) is 0 Å². The lowest BCUT2D eigenvalue weighted by molar-refractivity contribution is 0.777. The van der Waals surface area contributed by atoms with Crippen LogP contribution >= 0.6 is 27.7 Å². The second kappa shape index (κ2) is 8.79. The Morgan fingerprint density at radius 1 is 1.44 bits per heavy atom. The Labute approximate surface area is 70.1 Å². The number of rotatable bonds is 6. The minimum atomic E-state index is 1.06. The van der Waals surface area contributed by atoms with Gasteiger partial charge >= 0.3 is 0 Å². The van der Waals surface area contributed by atoms with Gasteiger partial charge in [0.1, 0.15) is 0 Å². The summed E-state index contributed by atoms with van der Waals surface area (Å²) in [6.45, 7) is 4.42. The van der Waals surface area contributed by atoms with Crippen LogP contribution in [0.5, 0.6) is 0 Å².